The Morgan fingerprint density at radius 2 is 1.75 bits per heavy atom. The van der Waals surface area contributed by atoms with E-state index < -0.39 is 12.6 Å². The van der Waals surface area contributed by atoms with Crippen LogP contribution < -0.4 is 4.90 Å². The van der Waals surface area contributed by atoms with E-state index in [1.807, 2.05) is 31.2 Å². The Hall–Kier alpha value is -3.54. The van der Waals surface area contributed by atoms with Crippen LogP contribution in [0.15, 0.2) is 54.6 Å². The summed E-state index contributed by atoms with van der Waals surface area (Å²) in [5.41, 5.74) is 1.72. The van der Waals surface area contributed by atoms with E-state index in [1.54, 1.807) is 29.2 Å². The van der Waals surface area contributed by atoms with Crippen LogP contribution in [-0.4, -0.2) is 34.7 Å². The molecule has 142 valence electrons. The van der Waals surface area contributed by atoms with Gasteiger partial charge in [-0.05, 0) is 31.0 Å². The fraction of sp³-hybridized carbons (Fsp3) is 0.182. The first-order valence-electron chi connectivity index (χ1n) is 8.98. The van der Waals surface area contributed by atoms with Gasteiger partial charge in [-0.15, -0.1) is 0 Å². The number of anilines is 1. The van der Waals surface area contributed by atoms with E-state index in [0.29, 0.717) is 10.8 Å². The number of hydrogen-bond acceptors (Lipinski definition) is 5. The highest BCUT2D eigenvalue weighted by atomic mass is 16.5. The Labute approximate surface area is 161 Å². The van der Waals surface area contributed by atoms with Gasteiger partial charge in [0.05, 0.1) is 0 Å². The monoisotopic (exact) mass is 377 g/mol. The summed E-state index contributed by atoms with van der Waals surface area (Å²) >= 11 is 0. The predicted octanol–water partition coefficient (Wildman–Crippen LogP) is 3.39. The van der Waals surface area contributed by atoms with E-state index in [4.69, 9.17) is 4.74 Å². The van der Waals surface area contributed by atoms with Crippen LogP contribution >= 0.6 is 0 Å². The van der Waals surface area contributed by atoms with Gasteiger partial charge in [-0.3, -0.25) is 4.79 Å². The van der Waals surface area contributed by atoms with Crippen LogP contribution in [0.5, 0.6) is 11.5 Å². The lowest BCUT2D eigenvalue weighted by molar-refractivity contribution is -0.122. The van der Waals surface area contributed by atoms with Gasteiger partial charge in [0.15, 0.2) is 6.61 Å². The third-order valence-corrected chi connectivity index (χ3v) is 5.02. The van der Waals surface area contributed by atoms with E-state index >= 15 is 0 Å². The summed E-state index contributed by atoms with van der Waals surface area (Å²) < 4.78 is 5.15. The van der Waals surface area contributed by atoms with Crippen molar-refractivity contribution >= 4 is 28.3 Å². The van der Waals surface area contributed by atoms with Crippen molar-refractivity contribution in [1.29, 1.82) is 0 Å². The SMILES string of the molecule is C[C@@H]1Cc2ccccc2N1C(=O)COC(=O)c1cc(O)c2ccccc2c1O. The Morgan fingerprint density at radius 3 is 2.54 bits per heavy atom. The number of benzene rings is 3. The molecule has 6 nitrogen and oxygen atoms in total. The summed E-state index contributed by atoms with van der Waals surface area (Å²) in [6.07, 6.45) is 0.745. The number of aromatic hydroxyl groups is 2. The average Bonchev–Trinajstić information content (AvgIpc) is 3.04. The predicted molar refractivity (Wildman–Crippen MR) is 105 cm³/mol. The number of esters is 1. The number of carbonyl (C=O) groups excluding carboxylic acids is 2. The van der Waals surface area contributed by atoms with E-state index in [1.165, 1.54) is 0 Å². The number of phenolic OH excluding ortho intramolecular Hbond substituents is 2. The highest BCUT2D eigenvalue weighted by Crippen LogP contribution is 2.36. The average molecular weight is 377 g/mol. The number of nitrogens with zero attached hydrogens (tertiary/aromatic N) is 1. The van der Waals surface area contributed by atoms with Crippen molar-refractivity contribution in [2.45, 2.75) is 19.4 Å². The van der Waals surface area contributed by atoms with Gasteiger partial charge in [-0.1, -0.05) is 42.5 Å². The maximum Gasteiger partial charge on any atom is 0.342 e. The summed E-state index contributed by atoms with van der Waals surface area (Å²) in [4.78, 5) is 26.7. The molecule has 6 heteroatoms. The van der Waals surface area contributed by atoms with E-state index in [-0.39, 0.29) is 29.0 Å². The van der Waals surface area contributed by atoms with Gasteiger partial charge in [-0.2, -0.15) is 0 Å². The summed E-state index contributed by atoms with van der Waals surface area (Å²) in [6, 6.07) is 15.4. The van der Waals surface area contributed by atoms with Crippen molar-refractivity contribution in [3.8, 4) is 11.5 Å². The lowest BCUT2D eigenvalue weighted by Gasteiger charge is -2.22. The summed E-state index contributed by atoms with van der Waals surface area (Å²) in [5.74, 6) is -1.64. The fourth-order valence-electron chi connectivity index (χ4n) is 3.72. The molecule has 0 unspecified atom stereocenters. The van der Waals surface area contributed by atoms with Gasteiger partial charge in [0, 0.05) is 22.5 Å². The molecule has 1 aliphatic rings. The molecule has 1 atom stereocenters. The van der Waals surface area contributed by atoms with Crippen molar-refractivity contribution in [2.24, 2.45) is 0 Å². The minimum atomic E-state index is -0.868. The second-order valence-corrected chi connectivity index (χ2v) is 6.86. The molecule has 3 aromatic rings. The second kappa shape index (κ2) is 6.88. The van der Waals surface area contributed by atoms with E-state index in [2.05, 4.69) is 0 Å². The number of phenols is 2. The zero-order valence-electron chi connectivity index (χ0n) is 15.3. The maximum absolute atomic E-state index is 12.7. The molecule has 1 amide bonds. The Morgan fingerprint density at radius 1 is 1.07 bits per heavy atom. The van der Waals surface area contributed by atoms with Crippen molar-refractivity contribution in [1.82, 2.24) is 0 Å². The highest BCUT2D eigenvalue weighted by Gasteiger charge is 2.31. The number of hydrogen-bond donors (Lipinski definition) is 2. The van der Waals surface area contributed by atoms with Gasteiger partial charge in [0.1, 0.15) is 17.1 Å². The molecule has 28 heavy (non-hydrogen) atoms. The molecule has 0 radical (unpaired) electrons. The molecular weight excluding hydrogens is 358 g/mol. The highest BCUT2D eigenvalue weighted by molar-refractivity contribution is 6.05. The van der Waals surface area contributed by atoms with Crippen molar-refractivity contribution < 1.29 is 24.5 Å². The molecule has 0 saturated carbocycles. The summed E-state index contributed by atoms with van der Waals surface area (Å²) in [7, 11) is 0. The zero-order chi connectivity index (χ0) is 19.8. The molecule has 0 saturated heterocycles. The molecule has 4 rings (SSSR count). The number of fused-ring (bicyclic) bond motifs is 2. The smallest absolute Gasteiger partial charge is 0.342 e. The molecule has 0 fully saturated rings. The quantitative estimate of drug-likeness (QED) is 0.540. The number of amides is 1. The van der Waals surface area contributed by atoms with Gasteiger partial charge in [0.2, 0.25) is 0 Å². The van der Waals surface area contributed by atoms with Gasteiger partial charge in [0.25, 0.3) is 5.91 Å². The molecule has 1 heterocycles. The van der Waals surface area contributed by atoms with Gasteiger partial charge < -0.3 is 19.8 Å². The largest absolute Gasteiger partial charge is 0.507 e. The Kier molecular flexibility index (Phi) is 4.39. The molecule has 2 N–H and O–H groups in total. The fourth-order valence-corrected chi connectivity index (χ4v) is 3.72. The number of ether oxygens (including phenoxy) is 1. The number of carbonyl (C=O) groups is 2. The third-order valence-electron chi connectivity index (χ3n) is 5.02. The normalized spacial score (nSPS) is 15.5. The number of para-hydroxylation sites is 1. The molecule has 1 aliphatic heterocycles. The van der Waals surface area contributed by atoms with Crippen LogP contribution in [0.2, 0.25) is 0 Å². The molecule has 0 aliphatic carbocycles. The first-order valence-corrected chi connectivity index (χ1v) is 8.98. The van der Waals surface area contributed by atoms with Crippen LogP contribution in [0.1, 0.15) is 22.8 Å². The van der Waals surface area contributed by atoms with Gasteiger partial charge in [-0.25, -0.2) is 4.79 Å². The summed E-state index contributed by atoms with van der Waals surface area (Å²) in [5, 5.41) is 21.3. The lowest BCUT2D eigenvalue weighted by Crippen LogP contribution is -2.38. The van der Waals surface area contributed by atoms with Crippen LogP contribution in [-0.2, 0) is 16.0 Å². The lowest BCUT2D eigenvalue weighted by atomic mass is 10.0. The first-order chi connectivity index (χ1) is 13.5. The van der Waals surface area contributed by atoms with E-state index in [0.717, 1.165) is 23.7 Å². The molecule has 0 spiro atoms. The van der Waals surface area contributed by atoms with E-state index in [9.17, 15) is 19.8 Å². The zero-order valence-corrected chi connectivity index (χ0v) is 15.3. The van der Waals surface area contributed by atoms with Crippen LogP contribution in [0, 0.1) is 0 Å². The minimum Gasteiger partial charge on any atom is -0.507 e. The van der Waals surface area contributed by atoms with Crippen LogP contribution in [0.25, 0.3) is 10.8 Å². The van der Waals surface area contributed by atoms with Crippen LogP contribution in [0.4, 0.5) is 5.69 Å². The Bertz CT molecular complexity index is 1090. The Balaban J connectivity index is 1.53. The van der Waals surface area contributed by atoms with Crippen LogP contribution in [0.3, 0.4) is 0 Å². The summed E-state index contributed by atoms with van der Waals surface area (Å²) in [6.45, 7) is 1.48. The van der Waals surface area contributed by atoms with Crippen molar-refractivity contribution in [2.75, 3.05) is 11.5 Å². The molecular formula is C22H19NO5. The van der Waals surface area contributed by atoms with Crippen molar-refractivity contribution in [3.05, 3.63) is 65.7 Å². The molecule has 0 bridgehead atoms. The maximum atomic E-state index is 12.7. The minimum absolute atomic E-state index is 0.0262. The standard InChI is InChI=1S/C22H19NO5/c1-13-10-14-6-2-5-9-18(14)23(13)20(25)12-28-22(27)17-11-19(24)15-7-3-4-8-16(15)21(17)26/h2-9,11,13,24,26H,10,12H2,1H3/t13-/m1/s1. The third kappa shape index (κ3) is 2.93. The topological polar surface area (TPSA) is 87.1 Å². The molecule has 3 aromatic carbocycles. The van der Waals surface area contributed by atoms with Crippen molar-refractivity contribution in [3.63, 3.8) is 0 Å². The molecule has 0 aromatic heterocycles. The van der Waals surface area contributed by atoms with Gasteiger partial charge >= 0.3 is 5.97 Å². The second-order valence-electron chi connectivity index (χ2n) is 6.86. The number of rotatable bonds is 3. The first kappa shape index (κ1) is 17.9.